The summed E-state index contributed by atoms with van der Waals surface area (Å²) in [6.07, 6.45) is 4.13. The SMILES string of the molecule is CCOCC1(CC(C)c2ccc(F)s2)CCN(C(C)(C)c2ccc(C)nc2)C1. The fourth-order valence-corrected chi connectivity index (χ4v) is 5.21. The predicted octanol–water partition coefficient (Wildman–Crippen LogP) is 5.75. The van der Waals surface area contributed by atoms with E-state index < -0.39 is 0 Å². The van der Waals surface area contributed by atoms with Crippen LogP contribution >= 0.6 is 11.3 Å². The molecule has 0 aromatic carbocycles. The Kier molecular flexibility index (Phi) is 6.58. The molecule has 3 rings (SSSR count). The van der Waals surface area contributed by atoms with Gasteiger partial charge < -0.3 is 4.74 Å². The van der Waals surface area contributed by atoms with Crippen LogP contribution in [0.3, 0.4) is 0 Å². The third-order valence-corrected chi connectivity index (χ3v) is 7.38. The zero-order valence-electron chi connectivity index (χ0n) is 17.8. The summed E-state index contributed by atoms with van der Waals surface area (Å²) >= 11 is 1.28. The van der Waals surface area contributed by atoms with Gasteiger partial charge in [-0.05, 0) is 76.8 Å². The number of hydrogen-bond acceptors (Lipinski definition) is 4. The fourth-order valence-electron chi connectivity index (χ4n) is 4.43. The Morgan fingerprint density at radius 1 is 1.32 bits per heavy atom. The van der Waals surface area contributed by atoms with Crippen molar-refractivity contribution in [3.63, 3.8) is 0 Å². The number of likely N-dealkylation sites (tertiary alicyclic amines) is 1. The van der Waals surface area contributed by atoms with Crippen LogP contribution in [0.15, 0.2) is 30.5 Å². The third-order valence-electron chi connectivity index (χ3n) is 6.28. The Balaban J connectivity index is 1.78. The summed E-state index contributed by atoms with van der Waals surface area (Å²) in [5.41, 5.74) is 2.32. The van der Waals surface area contributed by atoms with Crippen molar-refractivity contribution in [2.24, 2.45) is 5.41 Å². The molecule has 154 valence electrons. The largest absolute Gasteiger partial charge is 0.381 e. The Bertz CT molecular complexity index is 773. The summed E-state index contributed by atoms with van der Waals surface area (Å²) in [6, 6.07) is 7.81. The van der Waals surface area contributed by atoms with Gasteiger partial charge in [0.1, 0.15) is 0 Å². The van der Waals surface area contributed by atoms with Crippen LogP contribution in [0.25, 0.3) is 0 Å². The van der Waals surface area contributed by atoms with Gasteiger partial charge in [-0.1, -0.05) is 13.0 Å². The molecular weight excluding hydrogens is 371 g/mol. The van der Waals surface area contributed by atoms with Gasteiger partial charge in [0.05, 0.1) is 6.61 Å². The van der Waals surface area contributed by atoms with E-state index in [1.54, 1.807) is 6.07 Å². The predicted molar refractivity (Wildman–Crippen MR) is 114 cm³/mol. The topological polar surface area (TPSA) is 25.4 Å². The first-order valence-corrected chi connectivity index (χ1v) is 11.1. The minimum atomic E-state index is -0.0956. The number of nitrogens with zero attached hydrogens (tertiary/aromatic N) is 2. The van der Waals surface area contributed by atoms with Crippen LogP contribution in [0.5, 0.6) is 0 Å². The van der Waals surface area contributed by atoms with Gasteiger partial charge in [0.2, 0.25) is 0 Å². The second-order valence-corrected chi connectivity index (χ2v) is 9.87. The maximum Gasteiger partial charge on any atom is 0.176 e. The average Bonchev–Trinajstić information content (AvgIpc) is 3.28. The van der Waals surface area contributed by atoms with Crippen molar-refractivity contribution in [3.8, 4) is 0 Å². The highest BCUT2D eigenvalue weighted by Crippen LogP contribution is 2.45. The van der Waals surface area contributed by atoms with E-state index in [1.165, 1.54) is 16.9 Å². The van der Waals surface area contributed by atoms with Gasteiger partial charge in [-0.15, -0.1) is 11.3 Å². The lowest BCUT2D eigenvalue weighted by molar-refractivity contribution is 0.0352. The summed E-state index contributed by atoms with van der Waals surface area (Å²) in [5, 5.41) is -0.0956. The minimum absolute atomic E-state index is 0.0764. The molecule has 0 N–H and O–H groups in total. The van der Waals surface area contributed by atoms with E-state index in [2.05, 4.69) is 49.7 Å². The van der Waals surface area contributed by atoms with E-state index in [0.29, 0.717) is 5.92 Å². The first-order valence-electron chi connectivity index (χ1n) is 10.3. The summed E-state index contributed by atoms with van der Waals surface area (Å²) in [7, 11) is 0. The standard InChI is InChI=1S/C23H33FN2OS/c1-6-27-16-23(13-17(2)20-9-10-21(24)28-20)11-12-26(15-23)22(4,5)19-8-7-18(3)25-14-19/h7-10,14,17H,6,11-13,15-16H2,1-5H3. The van der Waals surface area contributed by atoms with Crippen LogP contribution in [0, 0.1) is 17.5 Å². The van der Waals surface area contributed by atoms with Crippen LogP contribution in [0.4, 0.5) is 4.39 Å². The Hall–Kier alpha value is -1.30. The van der Waals surface area contributed by atoms with Gasteiger partial charge >= 0.3 is 0 Å². The summed E-state index contributed by atoms with van der Waals surface area (Å²) in [4.78, 5) is 8.21. The molecule has 2 aromatic heterocycles. The summed E-state index contributed by atoms with van der Waals surface area (Å²) < 4.78 is 19.4. The van der Waals surface area contributed by atoms with E-state index in [-0.39, 0.29) is 16.1 Å². The Labute approximate surface area is 172 Å². The molecule has 3 nitrogen and oxygen atoms in total. The molecule has 0 bridgehead atoms. The Morgan fingerprint density at radius 3 is 2.71 bits per heavy atom. The normalized spacial score (nSPS) is 21.9. The molecule has 0 saturated carbocycles. The minimum Gasteiger partial charge on any atom is -0.381 e. The zero-order chi connectivity index (χ0) is 20.4. The van der Waals surface area contributed by atoms with Gasteiger partial charge in [0.15, 0.2) is 5.13 Å². The molecular formula is C23H33FN2OS. The van der Waals surface area contributed by atoms with Crippen LogP contribution in [0.2, 0.25) is 0 Å². The van der Waals surface area contributed by atoms with Gasteiger partial charge in [-0.2, -0.15) is 4.39 Å². The lowest BCUT2D eigenvalue weighted by Crippen LogP contribution is -2.42. The number of rotatable bonds is 8. The van der Waals surface area contributed by atoms with Crippen molar-refractivity contribution >= 4 is 11.3 Å². The van der Waals surface area contributed by atoms with Crippen molar-refractivity contribution in [1.82, 2.24) is 9.88 Å². The molecule has 1 aliphatic rings. The van der Waals surface area contributed by atoms with Gasteiger partial charge in [-0.25, -0.2) is 0 Å². The van der Waals surface area contributed by atoms with Crippen molar-refractivity contribution < 1.29 is 9.13 Å². The quantitative estimate of drug-likeness (QED) is 0.560. The fraction of sp³-hybridized carbons (Fsp3) is 0.609. The van der Waals surface area contributed by atoms with E-state index in [0.717, 1.165) is 49.7 Å². The molecule has 0 amide bonds. The number of aryl methyl sites for hydroxylation is 1. The van der Waals surface area contributed by atoms with Crippen LogP contribution in [-0.4, -0.2) is 36.2 Å². The second-order valence-electron chi connectivity index (χ2n) is 8.80. The molecule has 1 aliphatic heterocycles. The Morgan fingerprint density at radius 2 is 2.11 bits per heavy atom. The number of hydrogen-bond donors (Lipinski definition) is 0. The van der Waals surface area contributed by atoms with E-state index in [4.69, 9.17) is 4.74 Å². The van der Waals surface area contributed by atoms with Gasteiger partial charge in [0.25, 0.3) is 0 Å². The third kappa shape index (κ3) is 4.64. The number of ether oxygens (including phenoxy) is 1. The van der Waals surface area contributed by atoms with Crippen molar-refractivity contribution in [3.05, 3.63) is 51.7 Å². The molecule has 2 atom stereocenters. The number of aromatic nitrogens is 1. The highest BCUT2D eigenvalue weighted by molar-refractivity contribution is 7.10. The highest BCUT2D eigenvalue weighted by Gasteiger charge is 2.44. The van der Waals surface area contributed by atoms with Crippen molar-refractivity contribution in [1.29, 1.82) is 0 Å². The molecule has 1 saturated heterocycles. The highest BCUT2D eigenvalue weighted by atomic mass is 32.1. The lowest BCUT2D eigenvalue weighted by atomic mass is 9.79. The molecule has 1 fully saturated rings. The number of halogens is 1. The van der Waals surface area contributed by atoms with E-state index in [9.17, 15) is 4.39 Å². The molecule has 2 aromatic rings. The second kappa shape index (κ2) is 8.60. The van der Waals surface area contributed by atoms with E-state index in [1.807, 2.05) is 19.2 Å². The van der Waals surface area contributed by atoms with Gasteiger partial charge in [0, 0.05) is 40.9 Å². The van der Waals surface area contributed by atoms with Crippen LogP contribution < -0.4 is 0 Å². The first kappa shape index (κ1) is 21.4. The van der Waals surface area contributed by atoms with Crippen molar-refractivity contribution in [2.45, 2.75) is 58.9 Å². The maximum atomic E-state index is 13.5. The molecule has 0 spiro atoms. The number of pyridine rings is 1. The zero-order valence-corrected chi connectivity index (χ0v) is 18.6. The monoisotopic (exact) mass is 404 g/mol. The maximum absolute atomic E-state index is 13.5. The molecule has 3 heterocycles. The summed E-state index contributed by atoms with van der Waals surface area (Å²) in [5.74, 6) is 0.332. The van der Waals surface area contributed by atoms with Crippen LogP contribution in [-0.2, 0) is 10.3 Å². The molecule has 28 heavy (non-hydrogen) atoms. The van der Waals surface area contributed by atoms with E-state index >= 15 is 0 Å². The first-order chi connectivity index (χ1) is 13.3. The molecule has 2 unspecified atom stereocenters. The summed E-state index contributed by atoms with van der Waals surface area (Å²) in [6.45, 7) is 14.4. The lowest BCUT2D eigenvalue weighted by Gasteiger charge is -2.38. The molecule has 0 radical (unpaired) electrons. The molecule has 5 heteroatoms. The van der Waals surface area contributed by atoms with Crippen LogP contribution in [0.1, 0.15) is 62.6 Å². The smallest absolute Gasteiger partial charge is 0.176 e. The number of thiophene rings is 1. The van der Waals surface area contributed by atoms with Gasteiger partial charge in [-0.3, -0.25) is 9.88 Å². The average molecular weight is 405 g/mol. The van der Waals surface area contributed by atoms with Crippen molar-refractivity contribution in [2.75, 3.05) is 26.3 Å². The molecule has 0 aliphatic carbocycles.